The van der Waals surface area contributed by atoms with Crippen molar-refractivity contribution < 1.29 is 4.79 Å². The van der Waals surface area contributed by atoms with Crippen molar-refractivity contribution in [3.8, 4) is 12.1 Å². The summed E-state index contributed by atoms with van der Waals surface area (Å²) in [6.45, 7) is 5.59. The van der Waals surface area contributed by atoms with Gasteiger partial charge in [-0.1, -0.05) is 0 Å². The van der Waals surface area contributed by atoms with Crippen molar-refractivity contribution in [1.29, 1.82) is 10.5 Å². The van der Waals surface area contributed by atoms with Gasteiger partial charge in [-0.3, -0.25) is 14.2 Å². The van der Waals surface area contributed by atoms with E-state index in [9.17, 15) is 14.9 Å². The van der Waals surface area contributed by atoms with Gasteiger partial charge in [0.2, 0.25) is 0 Å². The summed E-state index contributed by atoms with van der Waals surface area (Å²) < 4.78 is 2.00. The van der Waals surface area contributed by atoms with Crippen LogP contribution in [0.25, 0.3) is 11.8 Å². The molecule has 0 saturated carbocycles. The van der Waals surface area contributed by atoms with Crippen molar-refractivity contribution in [1.82, 2.24) is 19.8 Å². The molecule has 166 valence electrons. The molecule has 1 saturated heterocycles. The molecule has 32 heavy (non-hydrogen) atoms. The second-order valence-electron chi connectivity index (χ2n) is 7.13. The molecule has 0 bridgehead atoms. The molecule has 10 nitrogen and oxygen atoms in total. The predicted molar refractivity (Wildman–Crippen MR) is 123 cm³/mol. The summed E-state index contributed by atoms with van der Waals surface area (Å²) in [5.41, 5.74) is 0.293. The Morgan fingerprint density at radius 3 is 2.72 bits per heavy atom. The number of pyridine rings is 1. The van der Waals surface area contributed by atoms with E-state index in [4.69, 9.17) is 5.26 Å². The molecular formula is C21H24N8O2S. The van der Waals surface area contributed by atoms with Gasteiger partial charge in [-0.15, -0.1) is 11.3 Å². The smallest absolute Gasteiger partial charge is 0.270 e. The van der Waals surface area contributed by atoms with Crippen molar-refractivity contribution in [2.24, 2.45) is 0 Å². The van der Waals surface area contributed by atoms with Crippen LogP contribution in [-0.2, 0) is 11.3 Å². The highest BCUT2D eigenvalue weighted by Gasteiger charge is 2.16. The highest BCUT2D eigenvalue weighted by molar-refractivity contribution is 7.07. The van der Waals surface area contributed by atoms with Crippen LogP contribution in [0.1, 0.15) is 6.92 Å². The van der Waals surface area contributed by atoms with Crippen LogP contribution in [-0.4, -0.2) is 60.1 Å². The largest absolute Gasteiger partial charge is 0.360 e. The number of rotatable bonds is 6. The van der Waals surface area contributed by atoms with Gasteiger partial charge in [0.25, 0.3) is 11.5 Å². The fourth-order valence-corrected chi connectivity index (χ4v) is 4.35. The minimum absolute atomic E-state index is 0.190. The number of amides is 1. The Bertz CT molecular complexity index is 1240. The van der Waals surface area contributed by atoms with Crippen LogP contribution >= 0.6 is 11.3 Å². The zero-order valence-electron chi connectivity index (χ0n) is 18.0. The van der Waals surface area contributed by atoms with Crippen LogP contribution in [0.3, 0.4) is 0 Å². The highest BCUT2D eigenvalue weighted by atomic mass is 32.1. The summed E-state index contributed by atoms with van der Waals surface area (Å²) in [4.78, 5) is 34.0. The Labute approximate surface area is 189 Å². The average Bonchev–Trinajstić information content (AvgIpc) is 3.12. The molecule has 0 spiro atoms. The number of aromatic nitrogens is 2. The monoisotopic (exact) mass is 452 g/mol. The van der Waals surface area contributed by atoms with Crippen molar-refractivity contribution in [3.63, 3.8) is 0 Å². The van der Waals surface area contributed by atoms with E-state index in [-0.39, 0.29) is 22.3 Å². The van der Waals surface area contributed by atoms with Crippen LogP contribution in [0.2, 0.25) is 0 Å². The van der Waals surface area contributed by atoms with E-state index in [2.05, 4.69) is 32.5 Å². The maximum Gasteiger partial charge on any atom is 0.270 e. The van der Waals surface area contributed by atoms with Crippen molar-refractivity contribution in [2.45, 2.75) is 13.5 Å². The van der Waals surface area contributed by atoms with E-state index in [1.165, 1.54) is 4.57 Å². The minimum Gasteiger partial charge on any atom is -0.360 e. The van der Waals surface area contributed by atoms with Crippen LogP contribution in [0.4, 0.5) is 11.5 Å². The van der Waals surface area contributed by atoms with Crippen molar-refractivity contribution in [2.75, 3.05) is 50.0 Å². The molecule has 0 atom stereocenters. The molecule has 0 aliphatic carbocycles. The van der Waals surface area contributed by atoms with Crippen LogP contribution in [0.15, 0.2) is 23.1 Å². The first kappa shape index (κ1) is 23.0. The van der Waals surface area contributed by atoms with E-state index < -0.39 is 5.91 Å². The molecule has 2 aromatic rings. The maximum absolute atomic E-state index is 12.8. The summed E-state index contributed by atoms with van der Waals surface area (Å²) in [7, 11) is 2.10. The number of carbonyl (C=O) groups is 1. The fourth-order valence-electron chi connectivity index (χ4n) is 3.26. The fraction of sp³-hybridized carbons (Fsp3) is 0.381. The number of nitrogens with one attached hydrogen (secondary N) is 2. The zero-order valence-corrected chi connectivity index (χ0v) is 18.8. The number of hydrogen-bond donors (Lipinski definition) is 2. The standard InChI is InChI=1S/C21H24N8O2S/c1-3-29-20(31)17(32-21(29)16(13-23)19(30)25-7-5-22)14-26-15-4-6-24-18(12-15)28-10-8-27(2)9-11-28/h4,6,12,14H,3,7-11H2,1-2H3,(H,24,26)(H,25,30). The Hall–Kier alpha value is -3.67. The van der Waals surface area contributed by atoms with E-state index >= 15 is 0 Å². The number of nitrogens with zero attached hydrogens (tertiary/aromatic N) is 6. The number of piperazine rings is 1. The van der Waals surface area contributed by atoms with Gasteiger partial charge in [0.15, 0.2) is 5.57 Å². The van der Waals surface area contributed by atoms with E-state index in [1.807, 2.05) is 18.2 Å². The van der Waals surface area contributed by atoms with Crippen molar-refractivity contribution in [3.05, 3.63) is 37.9 Å². The number of thiazole rings is 1. The molecule has 1 fully saturated rings. The molecule has 11 heteroatoms. The molecular weight excluding hydrogens is 428 g/mol. The third kappa shape index (κ3) is 5.14. The third-order valence-corrected chi connectivity index (χ3v) is 6.18. The quantitative estimate of drug-likeness (QED) is 0.547. The molecule has 1 amide bonds. The average molecular weight is 453 g/mol. The Morgan fingerprint density at radius 2 is 2.06 bits per heavy atom. The number of nitriles is 2. The van der Waals surface area contributed by atoms with Crippen LogP contribution in [0, 0.1) is 22.7 Å². The lowest BCUT2D eigenvalue weighted by atomic mass is 10.3. The Kier molecular flexibility index (Phi) is 7.60. The number of anilines is 2. The second-order valence-corrected chi connectivity index (χ2v) is 8.16. The molecule has 2 N–H and O–H groups in total. The lowest BCUT2D eigenvalue weighted by Crippen LogP contribution is -2.44. The summed E-state index contributed by atoms with van der Waals surface area (Å²) >= 11 is 1.05. The van der Waals surface area contributed by atoms with Gasteiger partial charge in [-0.05, 0) is 20.0 Å². The Morgan fingerprint density at radius 1 is 1.31 bits per heavy atom. The molecule has 1 aliphatic rings. The van der Waals surface area contributed by atoms with Gasteiger partial charge in [-0.25, -0.2) is 4.98 Å². The minimum atomic E-state index is -0.678. The van der Waals surface area contributed by atoms with Gasteiger partial charge in [0.1, 0.15) is 27.6 Å². The number of carbonyl (C=O) groups excluding carboxylic acids is 1. The first-order valence-electron chi connectivity index (χ1n) is 10.1. The normalized spacial score (nSPS) is 15.6. The second kappa shape index (κ2) is 10.6. The molecule has 1 aliphatic heterocycles. The van der Waals surface area contributed by atoms with E-state index in [1.54, 1.807) is 25.4 Å². The molecule has 3 rings (SSSR count). The lowest BCUT2D eigenvalue weighted by molar-refractivity contribution is -0.115. The summed E-state index contributed by atoms with van der Waals surface area (Å²) in [5, 5.41) is 23.6. The zero-order chi connectivity index (χ0) is 23.1. The molecule has 0 unspecified atom stereocenters. The predicted octanol–water partition coefficient (Wildman–Crippen LogP) is -0.759. The Balaban J connectivity index is 1.92. The summed E-state index contributed by atoms with van der Waals surface area (Å²) in [6, 6.07) is 7.39. The topological polar surface area (TPSA) is 130 Å². The summed E-state index contributed by atoms with van der Waals surface area (Å²) in [6.07, 6.45) is 3.29. The third-order valence-electron chi connectivity index (χ3n) is 5.05. The molecule has 3 heterocycles. The SMILES string of the molecule is CCn1c(=C(C#N)C(=O)NCC#N)sc(=CNc2ccnc(N3CCN(C)CC3)c2)c1=O. The number of hydrogen-bond acceptors (Lipinski definition) is 9. The van der Waals surface area contributed by atoms with Gasteiger partial charge in [-0.2, -0.15) is 10.5 Å². The van der Waals surface area contributed by atoms with E-state index in [0.29, 0.717) is 11.1 Å². The van der Waals surface area contributed by atoms with Gasteiger partial charge < -0.3 is 20.4 Å². The van der Waals surface area contributed by atoms with Gasteiger partial charge in [0.05, 0.1) is 6.07 Å². The molecule has 0 aromatic carbocycles. The lowest BCUT2D eigenvalue weighted by Gasteiger charge is -2.33. The summed E-state index contributed by atoms with van der Waals surface area (Å²) in [5.74, 6) is 0.187. The van der Waals surface area contributed by atoms with Crippen molar-refractivity contribution >= 4 is 40.5 Å². The first-order chi connectivity index (χ1) is 15.5. The highest BCUT2D eigenvalue weighted by Crippen LogP contribution is 2.17. The van der Waals surface area contributed by atoms with Crippen LogP contribution < -0.4 is 30.3 Å². The van der Waals surface area contributed by atoms with E-state index in [0.717, 1.165) is 49.0 Å². The molecule has 2 aromatic heterocycles. The van der Waals surface area contributed by atoms with Gasteiger partial charge in [0, 0.05) is 56.9 Å². The first-order valence-corrected chi connectivity index (χ1v) is 11.0. The maximum atomic E-state index is 12.8. The number of likely N-dealkylation sites (N-methyl/N-ethyl adjacent to an activating group) is 1. The van der Waals surface area contributed by atoms with Crippen LogP contribution in [0.5, 0.6) is 0 Å². The van der Waals surface area contributed by atoms with Gasteiger partial charge >= 0.3 is 0 Å². The molecule has 0 radical (unpaired) electrons.